The lowest BCUT2D eigenvalue weighted by atomic mass is 10.2. The van der Waals surface area contributed by atoms with E-state index >= 15 is 0 Å². The molecule has 2 fully saturated rings. The van der Waals surface area contributed by atoms with E-state index in [1.54, 1.807) is 7.11 Å². The van der Waals surface area contributed by atoms with Crippen molar-refractivity contribution in [3.8, 4) is 0 Å². The first-order valence-electron chi connectivity index (χ1n) is 7.52. The number of ether oxygens (including phenoxy) is 1. The molecule has 0 aromatic carbocycles. The van der Waals surface area contributed by atoms with Crippen molar-refractivity contribution in [3.05, 3.63) is 0 Å². The summed E-state index contributed by atoms with van der Waals surface area (Å²) in [6, 6.07) is 0.789. The Morgan fingerprint density at radius 2 is 1.89 bits per heavy atom. The standard InChI is InChI=1S/C14H27N3O2/c1-19-11-6-15-12-14(18)17-9-7-16(8-10-17)13-4-2-3-5-13/h13,15H,2-12H2,1H3. The fourth-order valence-electron chi connectivity index (χ4n) is 3.09. The molecule has 0 aromatic rings. The molecule has 110 valence electrons. The summed E-state index contributed by atoms with van der Waals surface area (Å²) in [4.78, 5) is 16.6. The maximum atomic E-state index is 12.0. The van der Waals surface area contributed by atoms with E-state index in [0.29, 0.717) is 13.2 Å². The van der Waals surface area contributed by atoms with E-state index < -0.39 is 0 Å². The number of nitrogens with zero attached hydrogens (tertiary/aromatic N) is 2. The van der Waals surface area contributed by atoms with E-state index in [9.17, 15) is 4.79 Å². The maximum Gasteiger partial charge on any atom is 0.236 e. The van der Waals surface area contributed by atoms with Gasteiger partial charge in [0.2, 0.25) is 5.91 Å². The first-order chi connectivity index (χ1) is 9.31. The quantitative estimate of drug-likeness (QED) is 0.705. The van der Waals surface area contributed by atoms with Gasteiger partial charge >= 0.3 is 0 Å². The molecule has 0 spiro atoms. The lowest BCUT2D eigenvalue weighted by Gasteiger charge is -2.38. The van der Waals surface area contributed by atoms with Crippen LogP contribution < -0.4 is 5.32 Å². The van der Waals surface area contributed by atoms with Crippen LogP contribution in [0.2, 0.25) is 0 Å². The normalized spacial score (nSPS) is 22.1. The van der Waals surface area contributed by atoms with E-state index in [2.05, 4.69) is 10.2 Å². The van der Waals surface area contributed by atoms with Gasteiger partial charge in [0, 0.05) is 45.9 Å². The zero-order chi connectivity index (χ0) is 13.5. The Balaban J connectivity index is 1.63. The molecule has 1 aliphatic heterocycles. The Morgan fingerprint density at radius 1 is 1.21 bits per heavy atom. The van der Waals surface area contributed by atoms with Gasteiger partial charge < -0.3 is 15.0 Å². The van der Waals surface area contributed by atoms with Crippen LogP contribution >= 0.6 is 0 Å². The van der Waals surface area contributed by atoms with Gasteiger partial charge in [0.05, 0.1) is 13.2 Å². The molecule has 0 aromatic heterocycles. The number of hydrogen-bond acceptors (Lipinski definition) is 4. The molecule has 19 heavy (non-hydrogen) atoms. The van der Waals surface area contributed by atoms with E-state index in [1.165, 1.54) is 25.7 Å². The van der Waals surface area contributed by atoms with Crippen LogP contribution in [0, 0.1) is 0 Å². The zero-order valence-corrected chi connectivity index (χ0v) is 12.1. The minimum Gasteiger partial charge on any atom is -0.383 e. The summed E-state index contributed by atoms with van der Waals surface area (Å²) >= 11 is 0. The molecule has 0 radical (unpaired) electrons. The van der Waals surface area contributed by atoms with Crippen molar-refractivity contribution in [1.82, 2.24) is 15.1 Å². The number of carbonyl (C=O) groups excluding carboxylic acids is 1. The number of hydrogen-bond donors (Lipinski definition) is 1. The van der Waals surface area contributed by atoms with Gasteiger partial charge in [-0.1, -0.05) is 12.8 Å². The van der Waals surface area contributed by atoms with E-state index in [0.717, 1.165) is 38.8 Å². The molecule has 2 rings (SSSR count). The second-order valence-electron chi connectivity index (χ2n) is 5.52. The molecule has 0 bridgehead atoms. The van der Waals surface area contributed by atoms with Crippen LogP contribution in [0.3, 0.4) is 0 Å². The molecule has 1 aliphatic carbocycles. The Bertz CT molecular complexity index is 272. The minimum atomic E-state index is 0.224. The molecule has 2 aliphatic rings. The largest absolute Gasteiger partial charge is 0.383 e. The maximum absolute atomic E-state index is 12.0. The van der Waals surface area contributed by atoms with Gasteiger partial charge in [-0.3, -0.25) is 9.69 Å². The van der Waals surface area contributed by atoms with Crippen LogP contribution in [-0.4, -0.2) is 74.7 Å². The molecular formula is C14H27N3O2. The number of methoxy groups -OCH3 is 1. The van der Waals surface area contributed by atoms with Crippen molar-refractivity contribution in [2.45, 2.75) is 31.7 Å². The van der Waals surface area contributed by atoms with Gasteiger partial charge in [0.15, 0.2) is 0 Å². The smallest absolute Gasteiger partial charge is 0.236 e. The average molecular weight is 269 g/mol. The molecular weight excluding hydrogens is 242 g/mol. The van der Waals surface area contributed by atoms with Gasteiger partial charge in [-0.25, -0.2) is 0 Å². The Kier molecular flexibility index (Phi) is 6.07. The molecule has 1 saturated heterocycles. The van der Waals surface area contributed by atoms with Crippen molar-refractivity contribution in [1.29, 1.82) is 0 Å². The summed E-state index contributed by atoms with van der Waals surface area (Å²) in [6.45, 7) is 5.71. The van der Waals surface area contributed by atoms with Crippen molar-refractivity contribution >= 4 is 5.91 Å². The first-order valence-corrected chi connectivity index (χ1v) is 7.52. The Hall–Kier alpha value is -0.650. The number of carbonyl (C=O) groups is 1. The molecule has 1 amide bonds. The number of amides is 1. The molecule has 1 saturated carbocycles. The fourth-order valence-corrected chi connectivity index (χ4v) is 3.09. The van der Waals surface area contributed by atoms with E-state index in [-0.39, 0.29) is 5.91 Å². The molecule has 0 atom stereocenters. The summed E-state index contributed by atoms with van der Waals surface area (Å²) in [5.74, 6) is 0.224. The van der Waals surface area contributed by atoms with Crippen LogP contribution in [0.15, 0.2) is 0 Å². The van der Waals surface area contributed by atoms with Gasteiger partial charge in [-0.05, 0) is 12.8 Å². The second-order valence-corrected chi connectivity index (χ2v) is 5.52. The van der Waals surface area contributed by atoms with Gasteiger partial charge in [-0.15, -0.1) is 0 Å². The highest BCUT2D eigenvalue weighted by atomic mass is 16.5. The highest BCUT2D eigenvalue weighted by Crippen LogP contribution is 2.24. The third-order valence-electron chi connectivity index (χ3n) is 4.27. The second kappa shape index (κ2) is 7.82. The topological polar surface area (TPSA) is 44.8 Å². The van der Waals surface area contributed by atoms with Crippen LogP contribution in [0.5, 0.6) is 0 Å². The zero-order valence-electron chi connectivity index (χ0n) is 12.1. The summed E-state index contributed by atoms with van der Waals surface area (Å²) in [6.07, 6.45) is 5.47. The highest BCUT2D eigenvalue weighted by molar-refractivity contribution is 5.78. The molecule has 1 heterocycles. The van der Waals surface area contributed by atoms with Crippen LogP contribution in [-0.2, 0) is 9.53 Å². The monoisotopic (exact) mass is 269 g/mol. The van der Waals surface area contributed by atoms with Crippen LogP contribution in [0.25, 0.3) is 0 Å². The number of piperazine rings is 1. The van der Waals surface area contributed by atoms with Gasteiger partial charge in [0.25, 0.3) is 0 Å². The summed E-state index contributed by atoms with van der Waals surface area (Å²) < 4.78 is 4.95. The van der Waals surface area contributed by atoms with Crippen molar-refractivity contribution in [2.24, 2.45) is 0 Å². The molecule has 0 unspecified atom stereocenters. The first kappa shape index (κ1) is 14.8. The Labute approximate surface area is 116 Å². The van der Waals surface area contributed by atoms with Crippen molar-refractivity contribution in [3.63, 3.8) is 0 Å². The van der Waals surface area contributed by atoms with Crippen molar-refractivity contribution < 1.29 is 9.53 Å². The average Bonchev–Trinajstić information content (AvgIpc) is 2.98. The Morgan fingerprint density at radius 3 is 2.53 bits per heavy atom. The molecule has 5 heteroatoms. The summed E-state index contributed by atoms with van der Waals surface area (Å²) in [5, 5.41) is 3.12. The summed E-state index contributed by atoms with van der Waals surface area (Å²) in [5.41, 5.74) is 0. The van der Waals surface area contributed by atoms with E-state index in [4.69, 9.17) is 4.74 Å². The predicted molar refractivity (Wildman–Crippen MR) is 75.2 cm³/mol. The highest BCUT2D eigenvalue weighted by Gasteiger charge is 2.27. The van der Waals surface area contributed by atoms with Crippen LogP contribution in [0.4, 0.5) is 0 Å². The molecule has 1 N–H and O–H groups in total. The number of nitrogens with one attached hydrogen (secondary N) is 1. The third kappa shape index (κ3) is 4.44. The lowest BCUT2D eigenvalue weighted by molar-refractivity contribution is -0.132. The SMILES string of the molecule is COCCNCC(=O)N1CCN(C2CCCC2)CC1. The van der Waals surface area contributed by atoms with Crippen LogP contribution in [0.1, 0.15) is 25.7 Å². The van der Waals surface area contributed by atoms with Gasteiger partial charge in [0.1, 0.15) is 0 Å². The summed E-state index contributed by atoms with van der Waals surface area (Å²) in [7, 11) is 1.67. The van der Waals surface area contributed by atoms with Gasteiger partial charge in [-0.2, -0.15) is 0 Å². The minimum absolute atomic E-state index is 0.224. The lowest BCUT2D eigenvalue weighted by Crippen LogP contribution is -2.53. The predicted octanol–water partition coefficient (Wildman–Crippen LogP) is 0.309. The van der Waals surface area contributed by atoms with E-state index in [1.807, 2.05) is 4.90 Å². The third-order valence-corrected chi connectivity index (χ3v) is 4.27. The fraction of sp³-hybridized carbons (Fsp3) is 0.929. The van der Waals surface area contributed by atoms with Crippen molar-refractivity contribution in [2.75, 3.05) is 53.0 Å². The number of rotatable bonds is 6. The molecule has 5 nitrogen and oxygen atoms in total.